The van der Waals surface area contributed by atoms with E-state index >= 15 is 0 Å². The van der Waals surface area contributed by atoms with Crippen molar-refractivity contribution in [1.29, 1.82) is 0 Å². The second-order valence-corrected chi connectivity index (χ2v) is 6.96. The van der Waals surface area contributed by atoms with Crippen molar-refractivity contribution < 1.29 is 5.11 Å². The number of rotatable bonds is 4. The number of aromatic hydroxyl groups is 1. The smallest absolute Gasteiger partial charge is 0.141 e. The largest absolute Gasteiger partial charge is 0.508 e. The van der Waals surface area contributed by atoms with Gasteiger partial charge in [-0.2, -0.15) is 0 Å². The summed E-state index contributed by atoms with van der Waals surface area (Å²) in [4.78, 5) is 15.0. The third kappa shape index (κ3) is 3.45. The maximum Gasteiger partial charge on any atom is 0.141 e. The van der Waals surface area contributed by atoms with E-state index in [1.165, 1.54) is 0 Å². The van der Waals surface area contributed by atoms with Crippen LogP contribution in [-0.4, -0.2) is 20.1 Å². The molecular formula is C20H16N4OS. The van der Waals surface area contributed by atoms with Crippen molar-refractivity contribution in [2.24, 2.45) is 0 Å². The molecule has 0 radical (unpaired) electrons. The molecule has 0 aliphatic rings. The zero-order valence-electron chi connectivity index (χ0n) is 14.0. The molecule has 26 heavy (non-hydrogen) atoms. The summed E-state index contributed by atoms with van der Waals surface area (Å²) in [7, 11) is 0. The second kappa shape index (κ2) is 7.01. The molecule has 128 valence electrons. The van der Waals surface area contributed by atoms with Gasteiger partial charge in [0.15, 0.2) is 0 Å². The SMILES string of the molecule is Cc1ccc(Nc2ncnc3cc(Sc4ccncc4)ccc23)cc1O. The highest BCUT2D eigenvalue weighted by molar-refractivity contribution is 7.99. The van der Waals surface area contributed by atoms with E-state index in [-0.39, 0.29) is 5.75 Å². The number of hydrogen-bond donors (Lipinski definition) is 2. The summed E-state index contributed by atoms with van der Waals surface area (Å²) >= 11 is 1.66. The number of anilines is 2. The molecule has 2 N–H and O–H groups in total. The fraction of sp³-hybridized carbons (Fsp3) is 0.0500. The van der Waals surface area contributed by atoms with Gasteiger partial charge in [0.05, 0.1) is 5.52 Å². The van der Waals surface area contributed by atoms with E-state index in [2.05, 4.69) is 26.3 Å². The minimum atomic E-state index is 0.254. The third-order valence-electron chi connectivity index (χ3n) is 3.97. The van der Waals surface area contributed by atoms with Gasteiger partial charge >= 0.3 is 0 Å². The van der Waals surface area contributed by atoms with Crippen LogP contribution < -0.4 is 5.32 Å². The first-order valence-corrected chi connectivity index (χ1v) is 8.90. The number of hydrogen-bond acceptors (Lipinski definition) is 6. The molecule has 0 atom stereocenters. The highest BCUT2D eigenvalue weighted by Crippen LogP contribution is 2.32. The molecule has 0 amide bonds. The summed E-state index contributed by atoms with van der Waals surface area (Å²) in [5.74, 6) is 0.961. The Kier molecular flexibility index (Phi) is 4.41. The summed E-state index contributed by atoms with van der Waals surface area (Å²) in [6, 6.07) is 15.5. The van der Waals surface area contributed by atoms with Crippen LogP contribution in [0.1, 0.15) is 5.56 Å². The van der Waals surface area contributed by atoms with Gasteiger partial charge in [0.1, 0.15) is 17.9 Å². The molecule has 0 aliphatic carbocycles. The average Bonchev–Trinajstić information content (AvgIpc) is 2.66. The van der Waals surface area contributed by atoms with E-state index < -0.39 is 0 Å². The Morgan fingerprint density at radius 2 is 1.77 bits per heavy atom. The topological polar surface area (TPSA) is 70.9 Å². The monoisotopic (exact) mass is 360 g/mol. The molecule has 0 spiro atoms. The highest BCUT2D eigenvalue weighted by Gasteiger charge is 2.07. The van der Waals surface area contributed by atoms with Crippen LogP contribution in [0.3, 0.4) is 0 Å². The van der Waals surface area contributed by atoms with Gasteiger partial charge in [-0.3, -0.25) is 4.98 Å². The molecule has 0 saturated heterocycles. The zero-order chi connectivity index (χ0) is 17.9. The van der Waals surface area contributed by atoms with Crippen LogP contribution in [-0.2, 0) is 0 Å². The fourth-order valence-electron chi connectivity index (χ4n) is 2.57. The number of nitrogens with one attached hydrogen (secondary N) is 1. The van der Waals surface area contributed by atoms with Crippen LogP contribution in [0.2, 0.25) is 0 Å². The standard InChI is InChI=1S/C20H16N4OS/c1-13-2-3-14(10-19(13)25)24-20-17-5-4-16(11-18(17)22-12-23-20)26-15-6-8-21-9-7-15/h2-12,25H,1H3,(H,22,23,24). The Morgan fingerprint density at radius 3 is 2.58 bits per heavy atom. The van der Waals surface area contributed by atoms with Crippen molar-refractivity contribution in [3.63, 3.8) is 0 Å². The highest BCUT2D eigenvalue weighted by atomic mass is 32.2. The van der Waals surface area contributed by atoms with Crippen molar-refractivity contribution >= 4 is 34.2 Å². The molecule has 0 unspecified atom stereocenters. The van der Waals surface area contributed by atoms with E-state index in [1.807, 2.05) is 43.3 Å². The molecule has 0 bridgehead atoms. The summed E-state index contributed by atoms with van der Waals surface area (Å²) in [6.07, 6.45) is 5.11. The van der Waals surface area contributed by atoms with Gasteiger partial charge < -0.3 is 10.4 Å². The van der Waals surface area contributed by atoms with E-state index in [4.69, 9.17) is 0 Å². The molecule has 4 rings (SSSR count). The predicted octanol–water partition coefficient (Wildman–Crippen LogP) is 4.93. The minimum Gasteiger partial charge on any atom is -0.508 e. The summed E-state index contributed by atoms with van der Waals surface area (Å²) in [5, 5.41) is 14.1. The Labute approximate surface area is 155 Å². The van der Waals surface area contributed by atoms with E-state index in [0.717, 1.165) is 31.9 Å². The molecule has 0 saturated carbocycles. The first-order chi connectivity index (χ1) is 12.7. The summed E-state index contributed by atoms with van der Waals surface area (Å²) in [6.45, 7) is 1.86. The van der Waals surface area contributed by atoms with Crippen LogP contribution in [0.5, 0.6) is 5.75 Å². The van der Waals surface area contributed by atoms with Gasteiger partial charge in [-0.05, 0) is 48.9 Å². The van der Waals surface area contributed by atoms with Gasteiger partial charge in [0.25, 0.3) is 0 Å². The Bertz CT molecular complexity index is 1070. The normalized spacial score (nSPS) is 10.8. The van der Waals surface area contributed by atoms with Crippen molar-refractivity contribution in [1.82, 2.24) is 15.0 Å². The van der Waals surface area contributed by atoms with Crippen LogP contribution in [0.15, 0.2) is 77.0 Å². The number of aromatic nitrogens is 3. The van der Waals surface area contributed by atoms with E-state index in [9.17, 15) is 5.11 Å². The first kappa shape index (κ1) is 16.4. The fourth-order valence-corrected chi connectivity index (χ4v) is 3.40. The van der Waals surface area contributed by atoms with Crippen LogP contribution in [0, 0.1) is 6.92 Å². The molecule has 0 aliphatic heterocycles. The van der Waals surface area contributed by atoms with Crippen LogP contribution >= 0.6 is 11.8 Å². The molecule has 2 aromatic heterocycles. The van der Waals surface area contributed by atoms with Gasteiger partial charge in [-0.1, -0.05) is 17.8 Å². The number of aryl methyl sites for hydroxylation is 1. The summed E-state index contributed by atoms with van der Waals surface area (Å²) < 4.78 is 0. The maximum atomic E-state index is 9.89. The lowest BCUT2D eigenvalue weighted by atomic mass is 10.2. The maximum absolute atomic E-state index is 9.89. The number of phenolic OH excluding ortho intramolecular Hbond substituents is 1. The quantitative estimate of drug-likeness (QED) is 0.537. The zero-order valence-corrected chi connectivity index (χ0v) is 14.9. The lowest BCUT2D eigenvalue weighted by Crippen LogP contribution is -1.96. The molecule has 4 aromatic rings. The third-order valence-corrected chi connectivity index (χ3v) is 4.96. The number of phenols is 1. The predicted molar refractivity (Wildman–Crippen MR) is 104 cm³/mol. The first-order valence-electron chi connectivity index (χ1n) is 8.08. The van der Waals surface area contributed by atoms with Gasteiger partial charge in [0.2, 0.25) is 0 Å². The minimum absolute atomic E-state index is 0.254. The lowest BCUT2D eigenvalue weighted by Gasteiger charge is -2.10. The van der Waals surface area contributed by atoms with Gasteiger partial charge in [0, 0.05) is 39.3 Å². The van der Waals surface area contributed by atoms with Crippen molar-refractivity contribution in [3.05, 3.63) is 72.8 Å². The summed E-state index contributed by atoms with van der Waals surface area (Å²) in [5.41, 5.74) is 2.47. The Morgan fingerprint density at radius 1 is 0.923 bits per heavy atom. The molecule has 5 nitrogen and oxygen atoms in total. The number of nitrogens with zero attached hydrogens (tertiary/aromatic N) is 3. The molecule has 2 heterocycles. The van der Waals surface area contributed by atoms with E-state index in [0.29, 0.717) is 5.82 Å². The van der Waals surface area contributed by atoms with Crippen molar-refractivity contribution in [2.45, 2.75) is 16.7 Å². The second-order valence-electron chi connectivity index (χ2n) is 5.81. The Hall–Kier alpha value is -3.12. The molecule has 2 aromatic carbocycles. The lowest BCUT2D eigenvalue weighted by molar-refractivity contribution is 0.471. The molecule has 0 fully saturated rings. The van der Waals surface area contributed by atoms with Crippen molar-refractivity contribution in [3.8, 4) is 5.75 Å². The number of fused-ring (bicyclic) bond motifs is 1. The van der Waals surface area contributed by atoms with Gasteiger partial charge in [-0.15, -0.1) is 0 Å². The number of benzene rings is 2. The molecular weight excluding hydrogens is 344 g/mol. The number of pyridine rings is 1. The molecule has 6 heteroatoms. The van der Waals surface area contributed by atoms with Crippen LogP contribution in [0.4, 0.5) is 11.5 Å². The van der Waals surface area contributed by atoms with Crippen molar-refractivity contribution in [2.75, 3.05) is 5.32 Å². The average molecular weight is 360 g/mol. The van der Waals surface area contributed by atoms with E-state index in [1.54, 1.807) is 36.5 Å². The Balaban J connectivity index is 1.65. The van der Waals surface area contributed by atoms with Crippen LogP contribution in [0.25, 0.3) is 10.9 Å². The van der Waals surface area contributed by atoms with Gasteiger partial charge in [-0.25, -0.2) is 9.97 Å².